The first-order valence-electron chi connectivity index (χ1n) is 5.60. The monoisotopic (exact) mass is 268 g/mol. The van der Waals surface area contributed by atoms with Crippen LogP contribution < -0.4 is 10.6 Å². The Morgan fingerprint density at radius 2 is 2.00 bits per heavy atom. The van der Waals surface area contributed by atoms with E-state index in [-0.39, 0.29) is 5.91 Å². The topological polar surface area (TPSA) is 113 Å². The number of carboxylic acid groups (broad SMARTS) is 1. The van der Waals surface area contributed by atoms with Crippen LogP contribution in [0.4, 0.5) is 0 Å². The molecule has 0 saturated carbocycles. The van der Waals surface area contributed by atoms with Gasteiger partial charge in [0, 0.05) is 25.7 Å². The highest BCUT2D eigenvalue weighted by molar-refractivity contribution is 5.90. The van der Waals surface area contributed by atoms with Crippen molar-refractivity contribution < 1.29 is 19.5 Å². The Hall–Kier alpha value is -2.38. The van der Waals surface area contributed by atoms with Crippen LogP contribution in [0.2, 0.25) is 0 Å². The molecule has 0 radical (unpaired) electrons. The van der Waals surface area contributed by atoms with Gasteiger partial charge in [0.1, 0.15) is 6.04 Å². The minimum atomic E-state index is -1.20. The maximum absolute atomic E-state index is 11.8. The number of aryl methyl sites for hydroxylation is 1. The molecule has 1 rings (SSSR count). The maximum Gasteiger partial charge on any atom is 0.331 e. The molecule has 1 heterocycles. The highest BCUT2D eigenvalue weighted by Crippen LogP contribution is 2.12. The van der Waals surface area contributed by atoms with Crippen molar-refractivity contribution >= 4 is 17.8 Å². The molecule has 0 aromatic carbocycles. The van der Waals surface area contributed by atoms with Crippen LogP contribution in [0.5, 0.6) is 0 Å². The molecule has 104 valence electrons. The minimum Gasteiger partial charge on any atom is -0.479 e. The van der Waals surface area contributed by atoms with Crippen LogP contribution in [0.1, 0.15) is 25.5 Å². The molecule has 0 aliphatic rings. The number of hydrogen-bond donors (Lipinski definition) is 3. The van der Waals surface area contributed by atoms with E-state index in [1.807, 2.05) is 0 Å². The zero-order valence-electron chi connectivity index (χ0n) is 10.9. The van der Waals surface area contributed by atoms with Crippen molar-refractivity contribution in [3.63, 3.8) is 0 Å². The quantitative estimate of drug-likeness (QED) is 0.646. The molecule has 0 aliphatic heterocycles. The third-order valence-corrected chi connectivity index (χ3v) is 2.40. The molecule has 0 spiro atoms. The summed E-state index contributed by atoms with van der Waals surface area (Å²) >= 11 is 0. The Balaban J connectivity index is 2.77. The molecule has 0 saturated heterocycles. The van der Waals surface area contributed by atoms with E-state index in [4.69, 9.17) is 5.11 Å². The summed E-state index contributed by atoms with van der Waals surface area (Å²) in [5.74, 6) is -2.14. The van der Waals surface area contributed by atoms with Crippen molar-refractivity contribution in [1.82, 2.24) is 20.4 Å². The highest BCUT2D eigenvalue weighted by Gasteiger charge is 2.25. The Labute approximate surface area is 109 Å². The Morgan fingerprint density at radius 1 is 1.37 bits per heavy atom. The molecule has 0 aliphatic carbocycles. The van der Waals surface area contributed by atoms with Crippen LogP contribution in [0, 0.1) is 0 Å². The van der Waals surface area contributed by atoms with E-state index < -0.39 is 24.0 Å². The lowest BCUT2D eigenvalue weighted by molar-refractivity contribution is -0.142. The minimum absolute atomic E-state index is 0.360. The second-order valence-electron chi connectivity index (χ2n) is 4.15. The normalized spacial score (nSPS) is 13.4. The third kappa shape index (κ3) is 4.09. The summed E-state index contributed by atoms with van der Waals surface area (Å²) in [6.07, 6.45) is 2.87. The number of nitrogens with zero attached hydrogens (tertiary/aromatic N) is 2. The first kappa shape index (κ1) is 14.7. The number of carbonyl (C=O) groups excluding carboxylic acids is 2. The summed E-state index contributed by atoms with van der Waals surface area (Å²) in [6, 6.07) is -2.01. The van der Waals surface area contributed by atoms with Gasteiger partial charge in [-0.15, -0.1) is 0 Å². The molecule has 8 nitrogen and oxygen atoms in total. The van der Waals surface area contributed by atoms with Crippen LogP contribution in [-0.2, 0) is 21.4 Å². The lowest BCUT2D eigenvalue weighted by atomic mass is 10.1. The number of aromatic nitrogens is 2. The number of amides is 2. The van der Waals surface area contributed by atoms with Crippen molar-refractivity contribution in [3.05, 3.63) is 18.0 Å². The number of carboxylic acids is 1. The van der Waals surface area contributed by atoms with Crippen molar-refractivity contribution in [1.29, 1.82) is 0 Å². The average Bonchev–Trinajstić information content (AvgIpc) is 2.70. The molecule has 2 amide bonds. The van der Waals surface area contributed by atoms with E-state index in [2.05, 4.69) is 15.7 Å². The molecular formula is C11H16N4O4. The molecule has 2 atom stereocenters. The Bertz CT molecular complexity index is 497. The lowest BCUT2D eigenvalue weighted by Gasteiger charge is -2.17. The number of nitrogens with one attached hydrogen (secondary N) is 2. The van der Waals surface area contributed by atoms with Crippen LogP contribution in [0.15, 0.2) is 12.4 Å². The van der Waals surface area contributed by atoms with E-state index >= 15 is 0 Å². The van der Waals surface area contributed by atoms with Crippen LogP contribution in [0.25, 0.3) is 0 Å². The Morgan fingerprint density at radius 3 is 2.42 bits per heavy atom. The standard InChI is InChI=1S/C11H16N4O4/c1-6(13-7(2)16)10(17)14-9(11(18)19)8-4-12-15(3)5-8/h4-6,9H,1-3H3,(H,13,16)(H,14,17)(H,18,19). The Kier molecular flexibility index (Phi) is 4.62. The number of aliphatic carboxylic acids is 1. The average molecular weight is 268 g/mol. The molecule has 2 unspecified atom stereocenters. The van der Waals surface area contributed by atoms with E-state index in [1.165, 1.54) is 30.9 Å². The van der Waals surface area contributed by atoms with E-state index in [9.17, 15) is 14.4 Å². The predicted octanol–water partition coefficient (Wildman–Crippen LogP) is -0.813. The number of hydrogen-bond acceptors (Lipinski definition) is 4. The van der Waals surface area contributed by atoms with Crippen molar-refractivity contribution in [2.75, 3.05) is 0 Å². The van der Waals surface area contributed by atoms with Gasteiger partial charge in [0.25, 0.3) is 0 Å². The second-order valence-corrected chi connectivity index (χ2v) is 4.15. The van der Waals surface area contributed by atoms with Gasteiger partial charge in [0.05, 0.1) is 6.20 Å². The van der Waals surface area contributed by atoms with Crippen molar-refractivity contribution in [2.45, 2.75) is 25.9 Å². The summed E-state index contributed by atoms with van der Waals surface area (Å²) in [7, 11) is 1.64. The largest absolute Gasteiger partial charge is 0.479 e. The summed E-state index contributed by atoms with van der Waals surface area (Å²) in [6.45, 7) is 2.75. The van der Waals surface area contributed by atoms with Gasteiger partial charge in [-0.1, -0.05) is 0 Å². The summed E-state index contributed by atoms with van der Waals surface area (Å²) in [4.78, 5) is 33.7. The highest BCUT2D eigenvalue weighted by atomic mass is 16.4. The first-order chi connectivity index (χ1) is 8.81. The number of rotatable bonds is 5. The fraction of sp³-hybridized carbons (Fsp3) is 0.455. The van der Waals surface area contributed by atoms with Crippen molar-refractivity contribution in [3.8, 4) is 0 Å². The van der Waals surface area contributed by atoms with Crippen LogP contribution in [-0.4, -0.2) is 38.7 Å². The number of carbonyl (C=O) groups is 3. The molecule has 1 aromatic heterocycles. The van der Waals surface area contributed by atoms with Gasteiger partial charge < -0.3 is 15.7 Å². The maximum atomic E-state index is 11.8. The summed E-state index contributed by atoms with van der Waals surface area (Å²) in [5.41, 5.74) is 0.360. The fourth-order valence-electron chi connectivity index (χ4n) is 1.51. The van der Waals surface area contributed by atoms with Gasteiger partial charge in [-0.25, -0.2) is 4.79 Å². The van der Waals surface area contributed by atoms with E-state index in [1.54, 1.807) is 7.05 Å². The predicted molar refractivity (Wildman–Crippen MR) is 65.0 cm³/mol. The summed E-state index contributed by atoms with van der Waals surface area (Å²) < 4.78 is 1.44. The van der Waals surface area contributed by atoms with Crippen LogP contribution >= 0.6 is 0 Å². The van der Waals surface area contributed by atoms with Crippen molar-refractivity contribution in [2.24, 2.45) is 7.05 Å². The third-order valence-electron chi connectivity index (χ3n) is 2.40. The smallest absolute Gasteiger partial charge is 0.331 e. The van der Waals surface area contributed by atoms with Gasteiger partial charge in [0.15, 0.2) is 6.04 Å². The fourth-order valence-corrected chi connectivity index (χ4v) is 1.51. The van der Waals surface area contributed by atoms with Gasteiger partial charge in [0.2, 0.25) is 11.8 Å². The molecule has 3 N–H and O–H groups in total. The first-order valence-corrected chi connectivity index (χ1v) is 5.60. The van der Waals surface area contributed by atoms with Gasteiger partial charge in [-0.2, -0.15) is 5.10 Å². The van der Waals surface area contributed by atoms with E-state index in [0.29, 0.717) is 5.56 Å². The zero-order valence-corrected chi connectivity index (χ0v) is 10.9. The summed E-state index contributed by atoms with van der Waals surface area (Å²) in [5, 5.41) is 17.7. The lowest BCUT2D eigenvalue weighted by Crippen LogP contribution is -2.46. The van der Waals surface area contributed by atoms with Gasteiger partial charge >= 0.3 is 5.97 Å². The molecule has 19 heavy (non-hydrogen) atoms. The van der Waals surface area contributed by atoms with Gasteiger partial charge in [-0.3, -0.25) is 14.3 Å². The second kappa shape index (κ2) is 5.98. The SMILES string of the molecule is CC(=O)NC(C)C(=O)NC(C(=O)O)c1cnn(C)c1. The molecular weight excluding hydrogens is 252 g/mol. The van der Waals surface area contributed by atoms with E-state index in [0.717, 1.165) is 0 Å². The molecule has 1 aromatic rings. The molecule has 8 heteroatoms. The van der Waals surface area contributed by atoms with Crippen LogP contribution in [0.3, 0.4) is 0 Å². The molecule has 0 fully saturated rings. The molecule has 0 bridgehead atoms. The van der Waals surface area contributed by atoms with Gasteiger partial charge in [-0.05, 0) is 6.92 Å². The zero-order chi connectivity index (χ0) is 14.6.